The summed E-state index contributed by atoms with van der Waals surface area (Å²) in [5.41, 5.74) is 21.1. The van der Waals surface area contributed by atoms with Gasteiger partial charge in [-0.25, -0.2) is 0 Å². The fourth-order valence-electron chi connectivity index (χ4n) is 3.71. The monoisotopic (exact) mass is 396 g/mol. The smallest absolute Gasteiger partial charge is 0.185 e. The fourth-order valence-corrected chi connectivity index (χ4v) is 3.71. The zero-order valence-corrected chi connectivity index (χ0v) is 17.8. The van der Waals surface area contributed by atoms with Crippen LogP contribution in [0, 0.1) is 0 Å². The topological polar surface area (TPSA) is 135 Å². The molecule has 0 radical (unpaired) electrons. The van der Waals surface area contributed by atoms with E-state index in [0.717, 1.165) is 26.2 Å². The van der Waals surface area contributed by atoms with E-state index in [0.29, 0.717) is 0 Å². The molecule has 0 spiro atoms. The molecular formula is C20H44N8. The lowest BCUT2D eigenvalue weighted by Gasteiger charge is -2.23. The minimum Gasteiger partial charge on any atom is -0.370 e. The Kier molecular flexibility index (Phi) is 14.4. The van der Waals surface area contributed by atoms with E-state index in [2.05, 4.69) is 19.8 Å². The Bertz CT molecular complexity index is 374. The summed E-state index contributed by atoms with van der Waals surface area (Å²) in [4.78, 5) is 12.9. The molecule has 2 aliphatic rings. The molecule has 0 saturated carbocycles. The first-order valence-corrected chi connectivity index (χ1v) is 11.1. The lowest BCUT2D eigenvalue weighted by atomic mass is 10.1. The summed E-state index contributed by atoms with van der Waals surface area (Å²) in [6.07, 6.45) is 13.6. The van der Waals surface area contributed by atoms with Crippen molar-refractivity contribution >= 4 is 11.9 Å². The average Bonchev–Trinajstić information content (AvgIpc) is 2.58. The van der Waals surface area contributed by atoms with Gasteiger partial charge < -0.3 is 32.7 Å². The molecule has 8 heteroatoms. The predicted octanol–water partition coefficient (Wildman–Crippen LogP) is 1.05. The highest BCUT2D eigenvalue weighted by molar-refractivity contribution is 5.75. The average molecular weight is 397 g/mol. The molecule has 0 bridgehead atoms. The maximum atomic E-state index is 5.27. The van der Waals surface area contributed by atoms with Gasteiger partial charge in [0.15, 0.2) is 11.9 Å². The molecule has 164 valence electrons. The highest BCUT2D eigenvalue weighted by atomic mass is 15.1. The normalized spacial score (nSPS) is 19.7. The summed E-state index contributed by atoms with van der Waals surface area (Å²) in [5, 5.41) is 0. The van der Waals surface area contributed by atoms with Gasteiger partial charge in [0.1, 0.15) is 0 Å². The first-order chi connectivity index (χ1) is 13.6. The van der Waals surface area contributed by atoms with Crippen LogP contribution in [0.2, 0.25) is 0 Å². The summed E-state index contributed by atoms with van der Waals surface area (Å²) in [7, 11) is 0. The van der Waals surface area contributed by atoms with Gasteiger partial charge in [-0.05, 0) is 51.9 Å². The SMILES string of the molecule is NC(N)=NCCN1CCCCCCC1.NC(N)=NCCN1CCCCCCC1. The van der Waals surface area contributed by atoms with Gasteiger partial charge in [0, 0.05) is 13.1 Å². The van der Waals surface area contributed by atoms with Gasteiger partial charge in [-0.15, -0.1) is 0 Å². The van der Waals surface area contributed by atoms with Crippen molar-refractivity contribution in [3.63, 3.8) is 0 Å². The molecule has 0 unspecified atom stereocenters. The molecule has 2 fully saturated rings. The molecule has 0 aliphatic carbocycles. The molecule has 0 amide bonds. The number of hydrogen-bond donors (Lipinski definition) is 4. The van der Waals surface area contributed by atoms with Gasteiger partial charge in [0.2, 0.25) is 0 Å². The van der Waals surface area contributed by atoms with Crippen LogP contribution in [-0.2, 0) is 0 Å². The van der Waals surface area contributed by atoms with Crippen LogP contribution >= 0.6 is 0 Å². The van der Waals surface area contributed by atoms with E-state index in [-0.39, 0.29) is 11.9 Å². The van der Waals surface area contributed by atoms with E-state index in [1.54, 1.807) is 0 Å². The number of hydrogen-bond acceptors (Lipinski definition) is 4. The summed E-state index contributed by atoms with van der Waals surface area (Å²) in [5.74, 6) is 0.411. The van der Waals surface area contributed by atoms with Crippen LogP contribution in [0.3, 0.4) is 0 Å². The Labute approximate surface area is 171 Å². The Morgan fingerprint density at radius 2 is 0.786 bits per heavy atom. The van der Waals surface area contributed by atoms with Crippen molar-refractivity contribution in [3.8, 4) is 0 Å². The van der Waals surface area contributed by atoms with Crippen LogP contribution in [0.5, 0.6) is 0 Å². The van der Waals surface area contributed by atoms with E-state index in [1.165, 1.54) is 90.4 Å². The second kappa shape index (κ2) is 16.4. The lowest BCUT2D eigenvalue weighted by molar-refractivity contribution is 0.254. The second-order valence-electron chi connectivity index (χ2n) is 7.83. The van der Waals surface area contributed by atoms with Crippen LogP contribution in [-0.4, -0.2) is 74.1 Å². The summed E-state index contributed by atoms with van der Waals surface area (Å²) in [6, 6.07) is 0. The Morgan fingerprint density at radius 1 is 0.500 bits per heavy atom. The van der Waals surface area contributed by atoms with Crippen LogP contribution in [0.1, 0.15) is 64.2 Å². The molecule has 2 heterocycles. The van der Waals surface area contributed by atoms with E-state index in [1.807, 2.05) is 0 Å². The first kappa shape index (κ1) is 24.5. The molecule has 0 aromatic carbocycles. The highest BCUT2D eigenvalue weighted by Gasteiger charge is 2.07. The zero-order valence-electron chi connectivity index (χ0n) is 17.8. The summed E-state index contributed by atoms with van der Waals surface area (Å²) in [6.45, 7) is 8.31. The minimum absolute atomic E-state index is 0.206. The van der Waals surface area contributed by atoms with Crippen molar-refractivity contribution in [2.75, 3.05) is 52.4 Å². The van der Waals surface area contributed by atoms with Gasteiger partial charge in [-0.1, -0.05) is 38.5 Å². The van der Waals surface area contributed by atoms with Crippen molar-refractivity contribution in [2.45, 2.75) is 64.2 Å². The fraction of sp³-hybridized carbons (Fsp3) is 0.900. The number of likely N-dealkylation sites (tertiary alicyclic amines) is 2. The van der Waals surface area contributed by atoms with Crippen molar-refractivity contribution in [3.05, 3.63) is 0 Å². The predicted molar refractivity (Wildman–Crippen MR) is 120 cm³/mol. The molecule has 0 aromatic rings. The zero-order chi connectivity index (χ0) is 20.5. The second-order valence-corrected chi connectivity index (χ2v) is 7.83. The highest BCUT2D eigenvalue weighted by Crippen LogP contribution is 2.10. The third kappa shape index (κ3) is 14.5. The Hall–Kier alpha value is -1.54. The van der Waals surface area contributed by atoms with E-state index in [4.69, 9.17) is 22.9 Å². The van der Waals surface area contributed by atoms with Crippen LogP contribution in [0.15, 0.2) is 9.98 Å². The van der Waals surface area contributed by atoms with E-state index >= 15 is 0 Å². The quantitative estimate of drug-likeness (QED) is 0.391. The van der Waals surface area contributed by atoms with Gasteiger partial charge in [-0.2, -0.15) is 0 Å². The molecule has 0 aromatic heterocycles. The Balaban J connectivity index is 0.000000280. The van der Waals surface area contributed by atoms with Crippen LogP contribution in [0.4, 0.5) is 0 Å². The summed E-state index contributed by atoms with van der Waals surface area (Å²) >= 11 is 0. The molecule has 0 atom stereocenters. The third-order valence-corrected chi connectivity index (χ3v) is 5.32. The maximum absolute atomic E-state index is 5.27. The van der Waals surface area contributed by atoms with Gasteiger partial charge in [0.05, 0.1) is 13.1 Å². The molecule has 2 rings (SSSR count). The largest absolute Gasteiger partial charge is 0.370 e. The van der Waals surface area contributed by atoms with Crippen LogP contribution < -0.4 is 22.9 Å². The number of rotatable bonds is 6. The van der Waals surface area contributed by atoms with Crippen LogP contribution in [0.25, 0.3) is 0 Å². The van der Waals surface area contributed by atoms with E-state index < -0.39 is 0 Å². The Morgan fingerprint density at radius 3 is 1.07 bits per heavy atom. The number of guanidine groups is 2. The number of nitrogens with zero attached hydrogens (tertiary/aromatic N) is 4. The minimum atomic E-state index is 0.206. The van der Waals surface area contributed by atoms with Gasteiger partial charge in [0.25, 0.3) is 0 Å². The number of nitrogens with two attached hydrogens (primary N) is 4. The molecule has 2 aliphatic heterocycles. The standard InChI is InChI=1S/2C10H22N4/c2*11-10(12)13-6-9-14-7-4-2-1-3-5-8-14/h2*1-9H2,(H4,11,12,13). The van der Waals surface area contributed by atoms with Crippen molar-refractivity contribution < 1.29 is 0 Å². The van der Waals surface area contributed by atoms with E-state index in [9.17, 15) is 0 Å². The van der Waals surface area contributed by atoms with Crippen molar-refractivity contribution in [1.29, 1.82) is 0 Å². The third-order valence-electron chi connectivity index (χ3n) is 5.32. The van der Waals surface area contributed by atoms with Gasteiger partial charge in [-0.3, -0.25) is 9.98 Å². The van der Waals surface area contributed by atoms with Crippen molar-refractivity contribution in [2.24, 2.45) is 32.9 Å². The molecule has 28 heavy (non-hydrogen) atoms. The molecule has 8 N–H and O–H groups in total. The molecular weight excluding hydrogens is 352 g/mol. The summed E-state index contributed by atoms with van der Waals surface area (Å²) < 4.78 is 0. The number of aliphatic imine (C=N–C) groups is 2. The van der Waals surface area contributed by atoms with Gasteiger partial charge >= 0.3 is 0 Å². The van der Waals surface area contributed by atoms with Crippen molar-refractivity contribution in [1.82, 2.24) is 9.80 Å². The lowest BCUT2D eigenvalue weighted by Crippen LogP contribution is -2.31. The molecule has 2 saturated heterocycles. The first-order valence-electron chi connectivity index (χ1n) is 11.1. The maximum Gasteiger partial charge on any atom is 0.185 e. The molecule has 8 nitrogen and oxygen atoms in total.